The third kappa shape index (κ3) is 3.13. The number of aromatic nitrogens is 5. The minimum Gasteiger partial charge on any atom is -0.486 e. The van der Waals surface area contributed by atoms with E-state index < -0.39 is 12.3 Å². The Kier molecular flexibility index (Phi) is 3.77. The summed E-state index contributed by atoms with van der Waals surface area (Å²) in [6, 6.07) is 5.22. The lowest BCUT2D eigenvalue weighted by Crippen LogP contribution is -2.01. The first-order valence-corrected chi connectivity index (χ1v) is 7.08. The standard InChI is InChI=1S/C15H9F2N5O3/c16-13(17)15-22-21-14(25-15)8-4-18-12(19-5-8)6-23-9-1-2-11-10(3-9)20-7-24-11/h1-5,7,13H,6H2. The summed E-state index contributed by atoms with van der Waals surface area (Å²) in [5.41, 5.74) is 1.68. The molecule has 0 bridgehead atoms. The third-order valence-corrected chi connectivity index (χ3v) is 3.25. The molecule has 0 atom stereocenters. The van der Waals surface area contributed by atoms with Crippen LogP contribution in [-0.4, -0.2) is 25.1 Å². The van der Waals surface area contributed by atoms with Crippen LogP contribution in [-0.2, 0) is 6.61 Å². The van der Waals surface area contributed by atoms with Gasteiger partial charge in [-0.25, -0.2) is 15.0 Å². The highest BCUT2D eigenvalue weighted by atomic mass is 19.3. The van der Waals surface area contributed by atoms with Crippen LogP contribution in [0.5, 0.6) is 5.75 Å². The quantitative estimate of drug-likeness (QED) is 0.544. The van der Waals surface area contributed by atoms with Gasteiger partial charge >= 0.3 is 6.43 Å². The zero-order valence-electron chi connectivity index (χ0n) is 12.5. The molecule has 1 aromatic carbocycles. The molecule has 10 heteroatoms. The maximum atomic E-state index is 12.4. The number of oxazole rings is 1. The largest absolute Gasteiger partial charge is 0.486 e. The number of halogens is 2. The summed E-state index contributed by atoms with van der Waals surface area (Å²) in [7, 11) is 0. The second-order valence-corrected chi connectivity index (χ2v) is 4.90. The van der Waals surface area contributed by atoms with Gasteiger partial charge in [0.2, 0.25) is 0 Å². The second-order valence-electron chi connectivity index (χ2n) is 4.90. The predicted molar refractivity (Wildman–Crippen MR) is 78.6 cm³/mol. The Morgan fingerprint density at radius 1 is 1.08 bits per heavy atom. The van der Waals surface area contributed by atoms with Crippen molar-refractivity contribution >= 4 is 11.1 Å². The molecular formula is C15H9F2N5O3. The fourth-order valence-corrected chi connectivity index (χ4v) is 2.05. The highest BCUT2D eigenvalue weighted by Gasteiger charge is 2.17. The van der Waals surface area contributed by atoms with E-state index in [1.54, 1.807) is 18.2 Å². The van der Waals surface area contributed by atoms with Crippen molar-refractivity contribution < 1.29 is 22.4 Å². The Labute approximate surface area is 138 Å². The van der Waals surface area contributed by atoms with E-state index in [1.165, 1.54) is 18.8 Å². The van der Waals surface area contributed by atoms with Crippen LogP contribution in [0.25, 0.3) is 22.6 Å². The number of fused-ring (bicyclic) bond motifs is 1. The van der Waals surface area contributed by atoms with Crippen LogP contribution in [0.15, 0.2) is 45.8 Å². The van der Waals surface area contributed by atoms with Crippen molar-refractivity contribution in [1.82, 2.24) is 25.1 Å². The van der Waals surface area contributed by atoms with E-state index in [4.69, 9.17) is 13.6 Å². The SMILES string of the molecule is FC(F)c1nnc(-c2cnc(COc3ccc4ocnc4c3)nc2)o1. The lowest BCUT2D eigenvalue weighted by atomic mass is 10.3. The fraction of sp³-hybridized carbons (Fsp3) is 0.133. The third-order valence-electron chi connectivity index (χ3n) is 3.25. The van der Waals surface area contributed by atoms with E-state index >= 15 is 0 Å². The van der Waals surface area contributed by atoms with Crippen molar-refractivity contribution in [1.29, 1.82) is 0 Å². The van der Waals surface area contributed by atoms with Gasteiger partial charge in [-0.15, -0.1) is 10.2 Å². The molecule has 0 aliphatic carbocycles. The van der Waals surface area contributed by atoms with Gasteiger partial charge in [-0.2, -0.15) is 8.78 Å². The molecular weight excluding hydrogens is 336 g/mol. The van der Waals surface area contributed by atoms with E-state index in [-0.39, 0.29) is 12.5 Å². The molecule has 0 aliphatic rings. The van der Waals surface area contributed by atoms with Crippen molar-refractivity contribution in [3.05, 3.63) is 48.7 Å². The molecule has 0 fully saturated rings. The molecule has 3 heterocycles. The number of rotatable bonds is 5. The molecule has 25 heavy (non-hydrogen) atoms. The summed E-state index contributed by atoms with van der Waals surface area (Å²) in [5, 5.41) is 6.78. The molecule has 0 unspecified atom stereocenters. The maximum Gasteiger partial charge on any atom is 0.314 e. The van der Waals surface area contributed by atoms with Crippen molar-refractivity contribution in [2.24, 2.45) is 0 Å². The van der Waals surface area contributed by atoms with E-state index in [2.05, 4.69) is 25.1 Å². The lowest BCUT2D eigenvalue weighted by Gasteiger charge is -2.05. The molecule has 0 N–H and O–H groups in total. The number of benzene rings is 1. The van der Waals surface area contributed by atoms with E-state index in [0.29, 0.717) is 28.2 Å². The Hall–Kier alpha value is -3.43. The Morgan fingerprint density at radius 3 is 2.68 bits per heavy atom. The van der Waals surface area contributed by atoms with Crippen molar-refractivity contribution in [2.75, 3.05) is 0 Å². The highest BCUT2D eigenvalue weighted by molar-refractivity contribution is 5.73. The van der Waals surface area contributed by atoms with Gasteiger partial charge in [0.25, 0.3) is 11.8 Å². The molecule has 4 rings (SSSR count). The normalized spacial score (nSPS) is 11.3. The number of hydrogen-bond acceptors (Lipinski definition) is 8. The predicted octanol–water partition coefficient (Wildman–Crippen LogP) is 3.18. The Morgan fingerprint density at radius 2 is 1.92 bits per heavy atom. The number of hydrogen-bond donors (Lipinski definition) is 0. The van der Waals surface area contributed by atoms with E-state index in [1.807, 2.05) is 0 Å². The molecule has 126 valence electrons. The molecule has 0 aliphatic heterocycles. The summed E-state index contributed by atoms with van der Waals surface area (Å²) >= 11 is 0. The number of ether oxygens (including phenoxy) is 1. The first kappa shape index (κ1) is 15.1. The number of nitrogens with zero attached hydrogens (tertiary/aromatic N) is 5. The van der Waals surface area contributed by atoms with Gasteiger partial charge in [-0.3, -0.25) is 0 Å². The van der Waals surface area contributed by atoms with E-state index in [9.17, 15) is 8.78 Å². The van der Waals surface area contributed by atoms with Crippen LogP contribution in [0.4, 0.5) is 8.78 Å². The highest BCUT2D eigenvalue weighted by Crippen LogP contribution is 2.23. The van der Waals surface area contributed by atoms with Gasteiger partial charge in [0.15, 0.2) is 17.8 Å². The Balaban J connectivity index is 1.44. The average molecular weight is 345 g/mol. The van der Waals surface area contributed by atoms with Crippen LogP contribution in [0.1, 0.15) is 18.1 Å². The Bertz CT molecular complexity index is 1000. The van der Waals surface area contributed by atoms with Gasteiger partial charge in [0, 0.05) is 18.5 Å². The molecule has 0 saturated heterocycles. The van der Waals surface area contributed by atoms with Crippen LogP contribution < -0.4 is 4.74 Å². The molecule has 0 radical (unpaired) electrons. The lowest BCUT2D eigenvalue weighted by molar-refractivity contribution is 0.116. The first-order valence-electron chi connectivity index (χ1n) is 7.08. The summed E-state index contributed by atoms with van der Waals surface area (Å²) in [6.07, 6.45) is 1.33. The zero-order valence-corrected chi connectivity index (χ0v) is 12.5. The summed E-state index contributed by atoms with van der Waals surface area (Å²) in [4.78, 5) is 12.2. The monoisotopic (exact) mass is 345 g/mol. The fourth-order valence-electron chi connectivity index (χ4n) is 2.05. The maximum absolute atomic E-state index is 12.4. The van der Waals surface area contributed by atoms with Crippen molar-refractivity contribution in [3.8, 4) is 17.2 Å². The van der Waals surface area contributed by atoms with Gasteiger partial charge < -0.3 is 13.6 Å². The van der Waals surface area contributed by atoms with Crippen molar-refractivity contribution in [2.45, 2.75) is 13.0 Å². The molecule has 0 saturated carbocycles. The zero-order chi connectivity index (χ0) is 17.2. The minimum atomic E-state index is -2.82. The van der Waals surface area contributed by atoms with Gasteiger partial charge in [-0.05, 0) is 12.1 Å². The van der Waals surface area contributed by atoms with Crippen LogP contribution in [0.2, 0.25) is 0 Å². The summed E-state index contributed by atoms with van der Waals surface area (Å²) in [5.74, 6) is 0.176. The van der Waals surface area contributed by atoms with Crippen molar-refractivity contribution in [3.63, 3.8) is 0 Å². The van der Waals surface area contributed by atoms with Crippen LogP contribution in [0, 0.1) is 0 Å². The smallest absolute Gasteiger partial charge is 0.314 e. The summed E-state index contributed by atoms with van der Waals surface area (Å²) in [6.45, 7) is 0.121. The van der Waals surface area contributed by atoms with Gasteiger partial charge in [0.1, 0.15) is 17.9 Å². The second kappa shape index (κ2) is 6.23. The molecule has 8 nitrogen and oxygen atoms in total. The van der Waals surface area contributed by atoms with Gasteiger partial charge in [0.05, 0.1) is 5.56 Å². The molecule has 0 amide bonds. The van der Waals surface area contributed by atoms with Crippen LogP contribution >= 0.6 is 0 Å². The number of alkyl halides is 2. The van der Waals surface area contributed by atoms with Gasteiger partial charge in [-0.1, -0.05) is 0 Å². The first-order chi connectivity index (χ1) is 12.2. The summed E-state index contributed by atoms with van der Waals surface area (Å²) < 4.78 is 40.5. The van der Waals surface area contributed by atoms with Crippen LogP contribution in [0.3, 0.4) is 0 Å². The molecule has 3 aromatic heterocycles. The molecule has 4 aromatic rings. The van der Waals surface area contributed by atoms with E-state index in [0.717, 1.165) is 0 Å². The average Bonchev–Trinajstić information content (AvgIpc) is 3.29. The topological polar surface area (TPSA) is 100.0 Å². The molecule has 0 spiro atoms. The minimum absolute atomic E-state index is 0.0701.